The van der Waals surface area contributed by atoms with Gasteiger partial charge in [-0.3, -0.25) is 14.4 Å². The largest absolute Gasteiger partial charge is 0.481 e. The lowest BCUT2D eigenvalue weighted by Gasteiger charge is -2.08. The van der Waals surface area contributed by atoms with Crippen molar-refractivity contribution in [3.63, 3.8) is 0 Å². The van der Waals surface area contributed by atoms with E-state index in [1.807, 2.05) is 72.8 Å². The predicted molar refractivity (Wildman–Crippen MR) is 158 cm³/mol. The summed E-state index contributed by atoms with van der Waals surface area (Å²) in [4.78, 5) is 34.2. The minimum atomic E-state index is -0.722. The number of carboxylic acid groups (broad SMARTS) is 1. The van der Waals surface area contributed by atoms with Crippen molar-refractivity contribution in [1.29, 1.82) is 0 Å². The molecule has 4 aromatic rings. The van der Waals surface area contributed by atoms with Crippen LogP contribution in [-0.4, -0.2) is 28.6 Å². The van der Waals surface area contributed by atoms with Gasteiger partial charge in [0.1, 0.15) is 5.70 Å². The SMILES string of the molecule is NC(=O)/C(=C\c1ccc2ccccc2c1)NC(=O)c1ccc(Br)cc1.O=C(O)CCSCc1ccccc1. The molecule has 2 amide bonds. The van der Waals surface area contributed by atoms with Crippen LogP contribution in [0.4, 0.5) is 0 Å². The predicted octanol–water partition coefficient (Wildman–Crippen LogP) is 6.25. The Kier molecular flexibility index (Phi) is 11.1. The molecule has 0 aromatic heterocycles. The van der Waals surface area contributed by atoms with Crippen molar-refractivity contribution in [3.05, 3.63) is 124 Å². The number of thioether (sulfide) groups is 1. The average Bonchev–Trinajstić information content (AvgIpc) is 2.92. The van der Waals surface area contributed by atoms with E-state index < -0.39 is 17.8 Å². The molecule has 0 aliphatic carbocycles. The molecule has 6 nitrogen and oxygen atoms in total. The van der Waals surface area contributed by atoms with Crippen LogP contribution in [0.15, 0.2) is 107 Å². The average molecular weight is 592 g/mol. The van der Waals surface area contributed by atoms with Crippen molar-refractivity contribution < 1.29 is 19.5 Å². The minimum Gasteiger partial charge on any atom is -0.481 e. The molecule has 0 aliphatic rings. The maximum atomic E-state index is 12.3. The maximum Gasteiger partial charge on any atom is 0.304 e. The first kappa shape index (κ1) is 28.7. The molecule has 0 fully saturated rings. The Morgan fingerprint density at radius 3 is 2.18 bits per heavy atom. The van der Waals surface area contributed by atoms with Gasteiger partial charge in [-0.15, -0.1) is 0 Å². The Balaban J connectivity index is 0.000000260. The number of amides is 2. The molecule has 0 aliphatic heterocycles. The maximum absolute atomic E-state index is 12.3. The van der Waals surface area contributed by atoms with Gasteiger partial charge in [-0.25, -0.2) is 0 Å². The van der Waals surface area contributed by atoms with Crippen LogP contribution in [0.25, 0.3) is 16.8 Å². The number of nitrogens with two attached hydrogens (primary N) is 1. The van der Waals surface area contributed by atoms with E-state index in [-0.39, 0.29) is 12.1 Å². The lowest BCUT2D eigenvalue weighted by molar-refractivity contribution is -0.136. The van der Waals surface area contributed by atoms with Crippen LogP contribution in [0, 0.1) is 0 Å². The number of fused-ring (bicyclic) bond motifs is 1. The second-order valence-corrected chi connectivity index (χ2v) is 10.2. The van der Waals surface area contributed by atoms with Gasteiger partial charge in [0.25, 0.3) is 11.8 Å². The van der Waals surface area contributed by atoms with Crippen LogP contribution in [0.2, 0.25) is 0 Å². The number of carbonyl (C=O) groups is 3. The number of rotatable bonds is 9. The Bertz CT molecular complexity index is 1420. The molecule has 8 heteroatoms. The van der Waals surface area contributed by atoms with Crippen molar-refractivity contribution in [3.8, 4) is 0 Å². The zero-order valence-corrected chi connectivity index (χ0v) is 22.9. The summed E-state index contributed by atoms with van der Waals surface area (Å²) in [5.74, 6) is -0.226. The highest BCUT2D eigenvalue weighted by molar-refractivity contribution is 9.10. The number of hydrogen-bond donors (Lipinski definition) is 3. The fourth-order valence-electron chi connectivity index (χ4n) is 3.35. The van der Waals surface area contributed by atoms with Crippen LogP contribution < -0.4 is 11.1 Å². The number of hydrogen-bond acceptors (Lipinski definition) is 4. The first-order chi connectivity index (χ1) is 18.3. The Hall–Kier alpha value is -3.88. The lowest BCUT2D eigenvalue weighted by Crippen LogP contribution is -2.31. The van der Waals surface area contributed by atoms with Crippen LogP contribution in [-0.2, 0) is 15.3 Å². The van der Waals surface area contributed by atoms with E-state index in [4.69, 9.17) is 10.8 Å². The first-order valence-electron chi connectivity index (χ1n) is 11.7. The number of carboxylic acids is 1. The van der Waals surface area contributed by atoms with Crippen molar-refractivity contribution in [2.24, 2.45) is 5.73 Å². The molecule has 0 atom stereocenters. The fraction of sp³-hybridized carbons (Fsp3) is 0.100. The summed E-state index contributed by atoms with van der Waals surface area (Å²) < 4.78 is 0.867. The van der Waals surface area contributed by atoms with Crippen LogP contribution >= 0.6 is 27.7 Å². The Morgan fingerprint density at radius 2 is 1.53 bits per heavy atom. The third-order valence-electron chi connectivity index (χ3n) is 5.28. The zero-order chi connectivity index (χ0) is 27.3. The smallest absolute Gasteiger partial charge is 0.304 e. The van der Waals surface area contributed by atoms with Crippen molar-refractivity contribution in [2.75, 3.05) is 5.75 Å². The summed E-state index contributed by atoms with van der Waals surface area (Å²) in [6.07, 6.45) is 1.82. The van der Waals surface area contributed by atoms with Gasteiger partial charge in [-0.2, -0.15) is 11.8 Å². The molecule has 38 heavy (non-hydrogen) atoms. The Labute approximate surface area is 234 Å². The molecule has 0 spiro atoms. The second kappa shape index (κ2) is 14.8. The topological polar surface area (TPSA) is 109 Å². The Morgan fingerprint density at radius 1 is 0.868 bits per heavy atom. The van der Waals surface area contributed by atoms with Gasteiger partial charge < -0.3 is 16.2 Å². The number of aliphatic carboxylic acids is 1. The molecule has 0 heterocycles. The van der Waals surface area contributed by atoms with E-state index in [1.165, 1.54) is 5.56 Å². The molecule has 4 aromatic carbocycles. The van der Waals surface area contributed by atoms with E-state index in [2.05, 4.69) is 21.2 Å². The van der Waals surface area contributed by atoms with E-state index in [9.17, 15) is 14.4 Å². The van der Waals surface area contributed by atoms with Gasteiger partial charge in [0, 0.05) is 21.5 Å². The summed E-state index contributed by atoms with van der Waals surface area (Å²) in [7, 11) is 0. The minimum absolute atomic E-state index is 0.0446. The van der Waals surface area contributed by atoms with Gasteiger partial charge in [-0.1, -0.05) is 82.7 Å². The molecule has 0 radical (unpaired) electrons. The number of halogens is 1. The van der Waals surface area contributed by atoms with Crippen molar-refractivity contribution in [2.45, 2.75) is 12.2 Å². The van der Waals surface area contributed by atoms with Crippen LogP contribution in [0.3, 0.4) is 0 Å². The monoisotopic (exact) mass is 590 g/mol. The van der Waals surface area contributed by atoms with Crippen molar-refractivity contribution in [1.82, 2.24) is 5.32 Å². The van der Waals surface area contributed by atoms with E-state index >= 15 is 0 Å². The summed E-state index contributed by atoms with van der Waals surface area (Å²) in [5.41, 5.74) is 7.93. The van der Waals surface area contributed by atoms with Crippen LogP contribution in [0.5, 0.6) is 0 Å². The first-order valence-corrected chi connectivity index (χ1v) is 13.7. The van der Waals surface area contributed by atoms with Gasteiger partial charge in [0.15, 0.2) is 0 Å². The number of nitrogens with one attached hydrogen (secondary N) is 1. The molecule has 0 saturated carbocycles. The summed E-state index contributed by atoms with van der Waals surface area (Å²) >= 11 is 4.97. The van der Waals surface area contributed by atoms with Gasteiger partial charge in [0.2, 0.25) is 0 Å². The fourth-order valence-corrected chi connectivity index (χ4v) is 4.51. The molecule has 0 bridgehead atoms. The molecule has 4 N–H and O–H groups in total. The molecule has 0 saturated heterocycles. The third-order valence-corrected chi connectivity index (χ3v) is 6.84. The number of carbonyl (C=O) groups excluding carboxylic acids is 2. The number of benzene rings is 4. The number of primary amides is 1. The summed E-state index contributed by atoms with van der Waals surface area (Å²) in [6, 6.07) is 30.6. The van der Waals surface area contributed by atoms with E-state index in [1.54, 1.807) is 42.1 Å². The van der Waals surface area contributed by atoms with Gasteiger partial charge in [0.05, 0.1) is 6.42 Å². The lowest BCUT2D eigenvalue weighted by atomic mass is 10.1. The molecule has 0 unspecified atom stereocenters. The van der Waals surface area contributed by atoms with Crippen LogP contribution in [0.1, 0.15) is 27.9 Å². The molecular formula is C30H27BrN2O4S. The highest BCUT2D eigenvalue weighted by Gasteiger charge is 2.12. The molecular weight excluding hydrogens is 564 g/mol. The normalized spacial score (nSPS) is 10.8. The highest BCUT2D eigenvalue weighted by atomic mass is 79.9. The molecule has 194 valence electrons. The van der Waals surface area contributed by atoms with E-state index in [0.717, 1.165) is 26.6 Å². The van der Waals surface area contributed by atoms with Gasteiger partial charge in [-0.05, 0) is 58.3 Å². The third kappa shape index (κ3) is 9.53. The summed E-state index contributed by atoms with van der Waals surface area (Å²) in [5, 5.41) is 13.1. The van der Waals surface area contributed by atoms with Gasteiger partial charge >= 0.3 is 5.97 Å². The van der Waals surface area contributed by atoms with Crippen molar-refractivity contribution >= 4 is 62.3 Å². The molecule has 4 rings (SSSR count). The highest BCUT2D eigenvalue weighted by Crippen LogP contribution is 2.18. The second-order valence-electron chi connectivity index (χ2n) is 8.17. The van der Waals surface area contributed by atoms with E-state index in [0.29, 0.717) is 11.3 Å². The quantitative estimate of drug-likeness (QED) is 0.157. The standard InChI is InChI=1S/C20H15BrN2O2.C10H12O2S/c21-17-9-7-15(8-10-17)20(25)23-18(19(22)24)12-13-5-6-14-3-1-2-4-16(14)11-13;11-10(12)6-7-13-8-9-4-2-1-3-5-9/h1-12H,(H2,22,24)(H,23,25);1-5H,6-8H2,(H,11,12)/b18-12+;. The summed E-state index contributed by atoms with van der Waals surface area (Å²) in [6.45, 7) is 0. The zero-order valence-electron chi connectivity index (χ0n) is 20.5.